The van der Waals surface area contributed by atoms with Crippen LogP contribution < -0.4 is 10.5 Å². The molecule has 0 aliphatic rings. The van der Waals surface area contributed by atoms with E-state index in [1.54, 1.807) is 18.0 Å². The predicted octanol–water partition coefficient (Wildman–Crippen LogP) is 2.61. The Bertz CT molecular complexity index is 778. The standard InChI is InChI=1S/C16H15N5O/c1-22-14-9-7-12(8-10-14)18-11-15-16(17)21(20-19-15)13-5-3-2-4-6-13/h2-11H,17H2,1H3. The van der Waals surface area contributed by atoms with Crippen LogP contribution >= 0.6 is 0 Å². The van der Waals surface area contributed by atoms with E-state index in [4.69, 9.17) is 10.5 Å². The van der Waals surface area contributed by atoms with Crippen LogP contribution in [0.15, 0.2) is 59.6 Å². The van der Waals surface area contributed by atoms with E-state index in [2.05, 4.69) is 15.3 Å². The molecule has 0 unspecified atom stereocenters. The molecule has 1 heterocycles. The Balaban J connectivity index is 1.84. The number of para-hydroxylation sites is 1. The molecule has 0 aliphatic heterocycles. The van der Waals surface area contributed by atoms with E-state index < -0.39 is 0 Å². The first-order valence-electron chi connectivity index (χ1n) is 6.72. The molecule has 110 valence electrons. The van der Waals surface area contributed by atoms with Gasteiger partial charge in [-0.2, -0.15) is 4.68 Å². The molecule has 1 aromatic heterocycles. The summed E-state index contributed by atoms with van der Waals surface area (Å²) < 4.78 is 6.68. The van der Waals surface area contributed by atoms with Gasteiger partial charge in [0.1, 0.15) is 11.4 Å². The summed E-state index contributed by atoms with van der Waals surface area (Å²) in [6.45, 7) is 0. The van der Waals surface area contributed by atoms with Gasteiger partial charge in [-0.3, -0.25) is 4.99 Å². The van der Waals surface area contributed by atoms with Crippen molar-refractivity contribution in [2.24, 2.45) is 4.99 Å². The minimum absolute atomic E-state index is 0.448. The lowest BCUT2D eigenvalue weighted by atomic mass is 10.3. The highest BCUT2D eigenvalue weighted by Gasteiger charge is 2.08. The van der Waals surface area contributed by atoms with Crippen molar-refractivity contribution >= 4 is 17.7 Å². The van der Waals surface area contributed by atoms with Crippen molar-refractivity contribution in [2.45, 2.75) is 0 Å². The Kier molecular flexibility index (Phi) is 3.82. The molecule has 0 saturated carbocycles. The lowest BCUT2D eigenvalue weighted by molar-refractivity contribution is 0.415. The first kappa shape index (κ1) is 13.8. The largest absolute Gasteiger partial charge is 0.497 e. The van der Waals surface area contributed by atoms with Gasteiger partial charge in [-0.25, -0.2) is 0 Å². The van der Waals surface area contributed by atoms with Crippen LogP contribution in [0.4, 0.5) is 11.5 Å². The van der Waals surface area contributed by atoms with E-state index in [1.165, 1.54) is 0 Å². The summed E-state index contributed by atoms with van der Waals surface area (Å²) in [5.41, 5.74) is 8.24. The Morgan fingerprint density at radius 3 is 2.50 bits per heavy atom. The van der Waals surface area contributed by atoms with Crippen LogP contribution in [0.3, 0.4) is 0 Å². The molecule has 2 N–H and O–H groups in total. The molecule has 3 aromatic rings. The number of rotatable bonds is 4. The summed E-state index contributed by atoms with van der Waals surface area (Å²) in [6.07, 6.45) is 1.60. The number of hydrogen-bond donors (Lipinski definition) is 1. The molecule has 3 rings (SSSR count). The quantitative estimate of drug-likeness (QED) is 0.750. The summed E-state index contributed by atoms with van der Waals surface area (Å²) in [7, 11) is 1.63. The number of nitrogens with zero attached hydrogens (tertiary/aromatic N) is 4. The maximum absolute atomic E-state index is 6.07. The Morgan fingerprint density at radius 2 is 1.82 bits per heavy atom. The summed E-state index contributed by atoms with van der Waals surface area (Å²) >= 11 is 0. The zero-order valence-corrected chi connectivity index (χ0v) is 12.0. The molecule has 0 aliphatic carbocycles. The van der Waals surface area contributed by atoms with E-state index >= 15 is 0 Å². The first-order chi connectivity index (χ1) is 10.8. The van der Waals surface area contributed by atoms with Gasteiger partial charge >= 0.3 is 0 Å². The third-order valence-electron chi connectivity index (χ3n) is 3.14. The van der Waals surface area contributed by atoms with Crippen LogP contribution in [0.5, 0.6) is 5.75 Å². The summed E-state index contributed by atoms with van der Waals surface area (Å²) in [4.78, 5) is 4.34. The highest BCUT2D eigenvalue weighted by Crippen LogP contribution is 2.18. The molecular weight excluding hydrogens is 278 g/mol. The third-order valence-corrected chi connectivity index (χ3v) is 3.14. The number of aliphatic imine (C=N–C) groups is 1. The Labute approximate surface area is 127 Å². The fraction of sp³-hybridized carbons (Fsp3) is 0.0625. The number of methoxy groups -OCH3 is 1. The van der Waals surface area contributed by atoms with Gasteiger partial charge in [-0.1, -0.05) is 23.4 Å². The SMILES string of the molecule is COc1ccc(N=Cc2nnn(-c3ccccc3)c2N)cc1. The highest BCUT2D eigenvalue weighted by atomic mass is 16.5. The number of aromatic nitrogens is 3. The second-order valence-corrected chi connectivity index (χ2v) is 4.56. The fourth-order valence-electron chi connectivity index (χ4n) is 1.96. The first-order valence-corrected chi connectivity index (χ1v) is 6.72. The molecule has 0 amide bonds. The van der Waals surface area contributed by atoms with Crippen molar-refractivity contribution in [1.29, 1.82) is 0 Å². The summed E-state index contributed by atoms with van der Waals surface area (Å²) in [5, 5.41) is 8.11. The number of nitrogen functional groups attached to an aromatic ring is 1. The summed E-state index contributed by atoms with van der Waals surface area (Å²) in [5.74, 6) is 1.23. The monoisotopic (exact) mass is 293 g/mol. The predicted molar refractivity (Wildman–Crippen MR) is 86.0 cm³/mol. The molecule has 0 fully saturated rings. The van der Waals surface area contributed by atoms with E-state index in [1.807, 2.05) is 54.6 Å². The van der Waals surface area contributed by atoms with Crippen LogP contribution in [0.2, 0.25) is 0 Å². The van der Waals surface area contributed by atoms with Crippen molar-refractivity contribution in [1.82, 2.24) is 15.0 Å². The van der Waals surface area contributed by atoms with E-state index in [-0.39, 0.29) is 0 Å². The second kappa shape index (κ2) is 6.09. The van der Waals surface area contributed by atoms with Gasteiger partial charge in [-0.15, -0.1) is 5.10 Å². The van der Waals surface area contributed by atoms with Gasteiger partial charge in [0.15, 0.2) is 5.82 Å². The van der Waals surface area contributed by atoms with Crippen molar-refractivity contribution in [3.8, 4) is 11.4 Å². The Hall–Kier alpha value is -3.15. The van der Waals surface area contributed by atoms with Gasteiger partial charge < -0.3 is 10.5 Å². The Morgan fingerprint density at radius 1 is 1.09 bits per heavy atom. The van der Waals surface area contributed by atoms with Gasteiger partial charge in [0.05, 0.1) is 24.7 Å². The molecule has 6 heteroatoms. The molecule has 6 nitrogen and oxygen atoms in total. The van der Waals surface area contributed by atoms with Crippen molar-refractivity contribution < 1.29 is 4.74 Å². The number of nitrogens with two attached hydrogens (primary N) is 1. The number of anilines is 1. The molecular formula is C16H15N5O. The molecule has 0 bridgehead atoms. The van der Waals surface area contributed by atoms with Crippen molar-refractivity contribution in [3.05, 3.63) is 60.3 Å². The molecule has 0 spiro atoms. The molecule has 2 aromatic carbocycles. The minimum Gasteiger partial charge on any atom is -0.497 e. The molecule has 0 saturated heterocycles. The number of benzene rings is 2. The van der Waals surface area contributed by atoms with Gasteiger partial charge in [0.2, 0.25) is 0 Å². The number of hydrogen-bond acceptors (Lipinski definition) is 5. The van der Waals surface area contributed by atoms with Crippen LogP contribution in [0.1, 0.15) is 5.69 Å². The lowest BCUT2D eigenvalue weighted by Crippen LogP contribution is -2.02. The smallest absolute Gasteiger partial charge is 0.156 e. The van der Waals surface area contributed by atoms with Crippen LogP contribution in [-0.4, -0.2) is 28.3 Å². The summed E-state index contributed by atoms with van der Waals surface area (Å²) in [6, 6.07) is 17.0. The third kappa shape index (κ3) is 2.80. The van der Waals surface area contributed by atoms with Crippen LogP contribution in [-0.2, 0) is 0 Å². The van der Waals surface area contributed by atoms with Crippen LogP contribution in [0, 0.1) is 0 Å². The average molecular weight is 293 g/mol. The molecule has 22 heavy (non-hydrogen) atoms. The second-order valence-electron chi connectivity index (χ2n) is 4.56. The zero-order valence-electron chi connectivity index (χ0n) is 12.0. The minimum atomic E-state index is 0.448. The fourth-order valence-corrected chi connectivity index (χ4v) is 1.96. The highest BCUT2D eigenvalue weighted by molar-refractivity contribution is 5.85. The normalized spacial score (nSPS) is 11.0. The van der Waals surface area contributed by atoms with Gasteiger partial charge in [0, 0.05) is 0 Å². The average Bonchev–Trinajstić information content (AvgIpc) is 2.95. The van der Waals surface area contributed by atoms with E-state index in [9.17, 15) is 0 Å². The number of ether oxygens (including phenoxy) is 1. The van der Waals surface area contributed by atoms with Gasteiger partial charge in [0.25, 0.3) is 0 Å². The van der Waals surface area contributed by atoms with Gasteiger partial charge in [-0.05, 0) is 36.4 Å². The van der Waals surface area contributed by atoms with E-state index in [0.29, 0.717) is 11.5 Å². The lowest BCUT2D eigenvalue weighted by Gasteiger charge is -2.01. The maximum atomic E-state index is 6.07. The van der Waals surface area contributed by atoms with E-state index in [0.717, 1.165) is 17.1 Å². The molecule has 0 atom stereocenters. The van der Waals surface area contributed by atoms with Crippen molar-refractivity contribution in [2.75, 3.05) is 12.8 Å². The van der Waals surface area contributed by atoms with Crippen LogP contribution in [0.25, 0.3) is 5.69 Å². The maximum Gasteiger partial charge on any atom is 0.156 e. The topological polar surface area (TPSA) is 78.3 Å². The molecule has 0 radical (unpaired) electrons. The van der Waals surface area contributed by atoms with Crippen molar-refractivity contribution in [3.63, 3.8) is 0 Å². The zero-order chi connectivity index (χ0) is 15.4.